The van der Waals surface area contributed by atoms with Crippen LogP contribution in [0.2, 0.25) is 0 Å². The Morgan fingerprint density at radius 3 is 2.79 bits per heavy atom. The molecule has 14 heavy (non-hydrogen) atoms. The highest BCUT2D eigenvalue weighted by Gasteiger charge is 2.27. The smallest absolute Gasteiger partial charge is 0.108 e. The molecule has 0 aromatic carbocycles. The summed E-state index contributed by atoms with van der Waals surface area (Å²) in [5.74, 6) is 0.505. The maximum atomic E-state index is 9.61. The molecule has 80 valence electrons. The third-order valence-electron chi connectivity index (χ3n) is 2.66. The van der Waals surface area contributed by atoms with E-state index in [2.05, 4.69) is 0 Å². The summed E-state index contributed by atoms with van der Waals surface area (Å²) in [4.78, 5) is 1.94. The number of rotatable bonds is 2. The predicted molar refractivity (Wildman–Crippen MR) is 57.1 cm³/mol. The van der Waals surface area contributed by atoms with Crippen LogP contribution < -0.4 is 0 Å². The lowest BCUT2D eigenvalue weighted by molar-refractivity contribution is 0.000984. The predicted octanol–water partition coefficient (Wildman–Crippen LogP) is 1.93. The largest absolute Gasteiger partial charge is 0.511 e. The Kier molecular flexibility index (Phi) is 3.21. The molecule has 0 aliphatic carbocycles. The van der Waals surface area contributed by atoms with Crippen LogP contribution in [0.3, 0.4) is 0 Å². The van der Waals surface area contributed by atoms with Gasteiger partial charge in [0, 0.05) is 20.1 Å². The van der Waals surface area contributed by atoms with Crippen LogP contribution in [0.1, 0.15) is 13.8 Å². The van der Waals surface area contributed by atoms with Crippen LogP contribution in [0, 0.1) is 5.92 Å². The molecule has 0 aromatic heterocycles. The van der Waals surface area contributed by atoms with Gasteiger partial charge in [0.2, 0.25) is 0 Å². The van der Waals surface area contributed by atoms with Gasteiger partial charge in [0.15, 0.2) is 0 Å². The first-order chi connectivity index (χ1) is 6.45. The molecule has 1 unspecified atom stereocenters. The van der Waals surface area contributed by atoms with E-state index in [1.54, 1.807) is 7.11 Å². The standard InChI is InChI=1S/C11H19NO2/c1-11(2,14-4)9-5-6-12(3)8-10(13)7-9/h5-7,9,13H,8H2,1-4H3. The number of aliphatic hydroxyl groups is 1. The summed E-state index contributed by atoms with van der Waals surface area (Å²) in [5, 5.41) is 9.61. The van der Waals surface area contributed by atoms with Crippen LogP contribution in [0.4, 0.5) is 0 Å². The van der Waals surface area contributed by atoms with Gasteiger partial charge in [-0.3, -0.25) is 0 Å². The molecule has 1 aliphatic heterocycles. The molecule has 0 radical (unpaired) electrons. The van der Waals surface area contributed by atoms with Crippen molar-refractivity contribution < 1.29 is 9.84 Å². The second-order valence-corrected chi connectivity index (χ2v) is 4.25. The molecule has 0 bridgehead atoms. The number of nitrogens with zero attached hydrogens (tertiary/aromatic N) is 1. The van der Waals surface area contributed by atoms with E-state index in [9.17, 15) is 5.11 Å². The summed E-state index contributed by atoms with van der Waals surface area (Å²) in [6.07, 6.45) is 5.88. The molecule has 3 nitrogen and oxygen atoms in total. The topological polar surface area (TPSA) is 32.7 Å². The van der Waals surface area contributed by atoms with Gasteiger partial charge in [0.05, 0.1) is 12.1 Å². The Labute approximate surface area is 85.7 Å². The van der Waals surface area contributed by atoms with Crippen molar-refractivity contribution in [1.29, 1.82) is 0 Å². The summed E-state index contributed by atoms with van der Waals surface area (Å²) in [6, 6.07) is 0. The van der Waals surface area contributed by atoms with Gasteiger partial charge < -0.3 is 14.7 Å². The third-order valence-corrected chi connectivity index (χ3v) is 2.66. The third kappa shape index (κ3) is 2.51. The second-order valence-electron chi connectivity index (χ2n) is 4.25. The lowest BCUT2D eigenvalue weighted by Crippen LogP contribution is -2.31. The van der Waals surface area contributed by atoms with Gasteiger partial charge in [0.25, 0.3) is 0 Å². The fourth-order valence-electron chi connectivity index (χ4n) is 1.43. The Morgan fingerprint density at radius 1 is 1.57 bits per heavy atom. The van der Waals surface area contributed by atoms with Crippen LogP contribution in [0.5, 0.6) is 0 Å². The zero-order chi connectivity index (χ0) is 10.8. The molecular weight excluding hydrogens is 178 g/mol. The zero-order valence-electron chi connectivity index (χ0n) is 9.32. The van der Waals surface area contributed by atoms with Gasteiger partial charge in [-0.05, 0) is 26.1 Å². The van der Waals surface area contributed by atoms with E-state index >= 15 is 0 Å². The lowest BCUT2D eigenvalue weighted by Gasteiger charge is -2.28. The van der Waals surface area contributed by atoms with Gasteiger partial charge in [0.1, 0.15) is 5.76 Å². The highest BCUT2D eigenvalue weighted by Crippen LogP contribution is 2.25. The monoisotopic (exact) mass is 197 g/mol. The maximum absolute atomic E-state index is 9.61. The summed E-state index contributed by atoms with van der Waals surface area (Å²) in [6.45, 7) is 4.58. The molecule has 3 heteroatoms. The van der Waals surface area contributed by atoms with Gasteiger partial charge in [-0.15, -0.1) is 0 Å². The van der Waals surface area contributed by atoms with E-state index in [-0.39, 0.29) is 11.5 Å². The molecule has 1 atom stereocenters. The molecule has 0 amide bonds. The fraction of sp³-hybridized carbons (Fsp3) is 0.636. The highest BCUT2D eigenvalue weighted by molar-refractivity contribution is 5.13. The number of hydrogen-bond donors (Lipinski definition) is 1. The van der Waals surface area contributed by atoms with Crippen molar-refractivity contribution in [3.8, 4) is 0 Å². The van der Waals surface area contributed by atoms with Gasteiger partial charge in [-0.25, -0.2) is 0 Å². The lowest BCUT2D eigenvalue weighted by atomic mass is 9.90. The van der Waals surface area contributed by atoms with Crippen molar-refractivity contribution in [3.05, 3.63) is 24.1 Å². The molecule has 1 heterocycles. The number of hydrogen-bond acceptors (Lipinski definition) is 3. The average Bonchev–Trinajstić information content (AvgIpc) is 2.27. The normalized spacial score (nSPS) is 23.3. The van der Waals surface area contributed by atoms with Crippen LogP contribution >= 0.6 is 0 Å². The first kappa shape index (κ1) is 11.1. The van der Waals surface area contributed by atoms with E-state index < -0.39 is 0 Å². The van der Waals surface area contributed by atoms with Crippen molar-refractivity contribution in [2.75, 3.05) is 20.7 Å². The van der Waals surface area contributed by atoms with Crippen LogP contribution in [0.25, 0.3) is 0 Å². The molecule has 0 spiro atoms. The highest BCUT2D eigenvalue weighted by atomic mass is 16.5. The zero-order valence-corrected chi connectivity index (χ0v) is 9.32. The van der Waals surface area contributed by atoms with Gasteiger partial charge in [-0.2, -0.15) is 0 Å². The first-order valence-electron chi connectivity index (χ1n) is 4.79. The summed E-state index contributed by atoms with van der Waals surface area (Å²) < 4.78 is 5.39. The van der Waals surface area contributed by atoms with Crippen LogP contribution in [-0.4, -0.2) is 36.3 Å². The minimum absolute atomic E-state index is 0.109. The fourth-order valence-corrected chi connectivity index (χ4v) is 1.43. The molecule has 0 fully saturated rings. The molecule has 1 aliphatic rings. The van der Waals surface area contributed by atoms with E-state index in [0.717, 1.165) is 0 Å². The van der Waals surface area contributed by atoms with E-state index in [1.165, 1.54) is 0 Å². The molecule has 0 saturated carbocycles. The summed E-state index contributed by atoms with van der Waals surface area (Å²) >= 11 is 0. The van der Waals surface area contributed by atoms with Crippen molar-refractivity contribution in [2.45, 2.75) is 19.4 Å². The minimum atomic E-state index is -0.282. The molecule has 0 saturated heterocycles. The first-order valence-corrected chi connectivity index (χ1v) is 4.79. The van der Waals surface area contributed by atoms with E-state index in [0.29, 0.717) is 12.3 Å². The SMILES string of the molecule is COC(C)(C)C1C=CN(C)CC(O)=C1. The van der Waals surface area contributed by atoms with Gasteiger partial charge in [-0.1, -0.05) is 6.08 Å². The molecule has 1 N–H and O–H groups in total. The molecule has 0 aromatic rings. The Bertz CT molecular complexity index is 256. The van der Waals surface area contributed by atoms with Crippen molar-refractivity contribution >= 4 is 0 Å². The maximum Gasteiger partial charge on any atom is 0.108 e. The average molecular weight is 197 g/mol. The van der Waals surface area contributed by atoms with Crippen molar-refractivity contribution in [3.63, 3.8) is 0 Å². The number of methoxy groups -OCH3 is 1. The van der Waals surface area contributed by atoms with E-state index in [1.807, 2.05) is 44.1 Å². The van der Waals surface area contributed by atoms with Gasteiger partial charge >= 0.3 is 0 Å². The van der Waals surface area contributed by atoms with Crippen molar-refractivity contribution in [2.24, 2.45) is 5.92 Å². The van der Waals surface area contributed by atoms with Crippen LogP contribution in [0.15, 0.2) is 24.1 Å². The van der Waals surface area contributed by atoms with E-state index in [4.69, 9.17) is 4.74 Å². The summed E-state index contributed by atoms with van der Waals surface area (Å²) in [7, 11) is 3.62. The molecule has 1 rings (SSSR count). The second kappa shape index (κ2) is 4.05. The Hall–Kier alpha value is -0.960. The van der Waals surface area contributed by atoms with Crippen molar-refractivity contribution in [1.82, 2.24) is 4.90 Å². The Morgan fingerprint density at radius 2 is 2.21 bits per heavy atom. The number of likely N-dealkylation sites (N-methyl/N-ethyl adjacent to an activating group) is 1. The quantitative estimate of drug-likeness (QED) is 0.734. The molecular formula is C11H19NO2. The van der Waals surface area contributed by atoms with Crippen LogP contribution in [-0.2, 0) is 4.74 Å². The summed E-state index contributed by atoms with van der Waals surface area (Å²) in [5.41, 5.74) is -0.282. The number of aliphatic hydroxyl groups excluding tert-OH is 1. The Balaban J connectivity index is 2.88. The minimum Gasteiger partial charge on any atom is -0.511 e. The number of ether oxygens (including phenoxy) is 1.